The van der Waals surface area contributed by atoms with Crippen LogP contribution in [0.15, 0.2) is 0 Å². The minimum atomic E-state index is 0.685. The molecular formula is C10H17NS. The van der Waals surface area contributed by atoms with E-state index in [1.807, 2.05) is 11.8 Å². The summed E-state index contributed by atoms with van der Waals surface area (Å²) < 4.78 is 0. The van der Waals surface area contributed by atoms with Crippen molar-refractivity contribution in [3.8, 4) is 12.3 Å². The van der Waals surface area contributed by atoms with Crippen LogP contribution in [0, 0.1) is 12.3 Å². The summed E-state index contributed by atoms with van der Waals surface area (Å²) in [5, 5.41) is 4.27. The summed E-state index contributed by atoms with van der Waals surface area (Å²) in [6.45, 7) is 0.731. The fourth-order valence-corrected chi connectivity index (χ4v) is 2.45. The fraction of sp³-hybridized carbons (Fsp3) is 0.800. The van der Waals surface area contributed by atoms with Gasteiger partial charge in [-0.2, -0.15) is 11.8 Å². The molecule has 0 saturated heterocycles. The van der Waals surface area contributed by atoms with E-state index in [2.05, 4.69) is 17.5 Å². The highest BCUT2D eigenvalue weighted by Crippen LogP contribution is 2.26. The Bertz CT molecular complexity index is 154. The Morgan fingerprint density at radius 2 is 2.08 bits per heavy atom. The third-order valence-electron chi connectivity index (χ3n) is 2.50. The quantitative estimate of drug-likeness (QED) is 0.671. The summed E-state index contributed by atoms with van der Waals surface area (Å²) in [5.74, 6) is 2.62. The first-order chi connectivity index (χ1) is 5.86. The topological polar surface area (TPSA) is 12.0 Å². The van der Waals surface area contributed by atoms with E-state index in [0.29, 0.717) is 6.04 Å². The molecule has 0 amide bonds. The largest absolute Gasteiger partial charge is 0.303 e. The molecule has 1 rings (SSSR count). The molecule has 2 heteroatoms. The van der Waals surface area contributed by atoms with Crippen LogP contribution in [0.5, 0.6) is 0 Å². The third kappa shape index (κ3) is 3.08. The molecule has 0 radical (unpaired) electrons. The minimum Gasteiger partial charge on any atom is -0.303 e. The lowest BCUT2D eigenvalue weighted by molar-refractivity contribution is 0.393. The van der Waals surface area contributed by atoms with Gasteiger partial charge in [-0.3, -0.25) is 0 Å². The van der Waals surface area contributed by atoms with Gasteiger partial charge in [0.15, 0.2) is 0 Å². The van der Waals surface area contributed by atoms with Crippen molar-refractivity contribution < 1.29 is 0 Å². The molecule has 1 nitrogen and oxygen atoms in total. The molecule has 1 aliphatic carbocycles. The molecule has 0 aromatic carbocycles. The van der Waals surface area contributed by atoms with Crippen molar-refractivity contribution in [3.05, 3.63) is 0 Å². The highest BCUT2D eigenvalue weighted by Gasteiger charge is 2.19. The predicted octanol–water partition coefficient (Wildman–Crippen LogP) is 1.88. The highest BCUT2D eigenvalue weighted by molar-refractivity contribution is 7.99. The van der Waals surface area contributed by atoms with Crippen molar-refractivity contribution in [1.29, 1.82) is 0 Å². The average Bonchev–Trinajstić information content (AvgIpc) is 2.15. The second-order valence-electron chi connectivity index (χ2n) is 3.29. The average molecular weight is 183 g/mol. The summed E-state index contributed by atoms with van der Waals surface area (Å²) in [5.41, 5.74) is 0. The van der Waals surface area contributed by atoms with Crippen LogP contribution in [-0.2, 0) is 0 Å². The van der Waals surface area contributed by atoms with Gasteiger partial charge < -0.3 is 5.32 Å². The Kier molecular flexibility index (Phi) is 4.57. The molecule has 12 heavy (non-hydrogen) atoms. The monoisotopic (exact) mass is 183 g/mol. The molecule has 0 aromatic rings. The number of hydrogen-bond donors (Lipinski definition) is 1. The first kappa shape index (κ1) is 9.95. The zero-order chi connectivity index (χ0) is 8.81. The van der Waals surface area contributed by atoms with Gasteiger partial charge in [0.25, 0.3) is 0 Å². The van der Waals surface area contributed by atoms with Crippen LogP contribution in [0.25, 0.3) is 0 Å². The second-order valence-corrected chi connectivity index (χ2v) is 4.43. The van der Waals surface area contributed by atoms with E-state index in [4.69, 9.17) is 6.42 Å². The number of thioether (sulfide) groups is 1. The van der Waals surface area contributed by atoms with Gasteiger partial charge in [-0.05, 0) is 31.9 Å². The van der Waals surface area contributed by atoms with Gasteiger partial charge in [-0.25, -0.2) is 0 Å². The number of terminal acetylenes is 1. The summed E-state index contributed by atoms with van der Waals surface area (Å²) in [6, 6.07) is 0.685. The van der Waals surface area contributed by atoms with Gasteiger partial charge in [0, 0.05) is 11.3 Å². The van der Waals surface area contributed by atoms with E-state index in [9.17, 15) is 0 Å². The van der Waals surface area contributed by atoms with Crippen molar-refractivity contribution in [2.75, 3.05) is 12.8 Å². The molecule has 0 aromatic heterocycles. The highest BCUT2D eigenvalue weighted by atomic mass is 32.2. The summed E-state index contributed by atoms with van der Waals surface area (Å²) in [4.78, 5) is 0. The van der Waals surface area contributed by atoms with Crippen LogP contribution in [0.2, 0.25) is 0 Å². The number of nitrogens with one attached hydrogen (secondary N) is 1. The van der Waals surface area contributed by atoms with Gasteiger partial charge >= 0.3 is 0 Å². The van der Waals surface area contributed by atoms with Crippen molar-refractivity contribution in [3.63, 3.8) is 0 Å². The Balaban J connectivity index is 2.14. The molecule has 0 bridgehead atoms. The maximum atomic E-state index is 5.18. The molecule has 0 heterocycles. The zero-order valence-corrected chi connectivity index (χ0v) is 8.49. The van der Waals surface area contributed by atoms with Crippen LogP contribution in [0.4, 0.5) is 0 Å². The van der Waals surface area contributed by atoms with E-state index in [0.717, 1.165) is 11.8 Å². The lowest BCUT2D eigenvalue weighted by Crippen LogP contribution is -2.33. The number of rotatable bonds is 3. The predicted molar refractivity (Wildman–Crippen MR) is 56.4 cm³/mol. The summed E-state index contributed by atoms with van der Waals surface area (Å²) in [7, 11) is 0. The molecule has 1 fully saturated rings. The lowest BCUT2D eigenvalue weighted by Gasteiger charge is -2.27. The van der Waals surface area contributed by atoms with E-state index in [1.165, 1.54) is 25.7 Å². The SMILES string of the molecule is C#CCNC1CCC(SC)CC1. The first-order valence-corrected chi connectivity index (χ1v) is 5.85. The van der Waals surface area contributed by atoms with Crippen LogP contribution < -0.4 is 5.32 Å². The van der Waals surface area contributed by atoms with Gasteiger partial charge in [-0.15, -0.1) is 6.42 Å². The van der Waals surface area contributed by atoms with E-state index in [-0.39, 0.29) is 0 Å². The van der Waals surface area contributed by atoms with Crippen LogP contribution >= 0.6 is 11.8 Å². The summed E-state index contributed by atoms with van der Waals surface area (Å²) >= 11 is 2.00. The van der Waals surface area contributed by atoms with E-state index < -0.39 is 0 Å². The van der Waals surface area contributed by atoms with Gasteiger partial charge in [0.2, 0.25) is 0 Å². The van der Waals surface area contributed by atoms with Gasteiger partial charge in [-0.1, -0.05) is 5.92 Å². The zero-order valence-electron chi connectivity index (χ0n) is 7.68. The number of hydrogen-bond acceptors (Lipinski definition) is 2. The normalized spacial score (nSPS) is 29.7. The standard InChI is InChI=1S/C10H17NS/c1-3-8-11-9-4-6-10(12-2)7-5-9/h1,9-11H,4-8H2,2H3. The molecule has 1 aliphatic rings. The van der Waals surface area contributed by atoms with Gasteiger partial charge in [0.05, 0.1) is 6.54 Å². The first-order valence-electron chi connectivity index (χ1n) is 4.56. The lowest BCUT2D eigenvalue weighted by atomic mass is 9.95. The van der Waals surface area contributed by atoms with Crippen LogP contribution in [0.3, 0.4) is 0 Å². The molecule has 68 valence electrons. The maximum Gasteiger partial charge on any atom is 0.0575 e. The van der Waals surface area contributed by atoms with Crippen molar-refractivity contribution >= 4 is 11.8 Å². The molecule has 0 atom stereocenters. The summed E-state index contributed by atoms with van der Waals surface area (Å²) in [6.07, 6.45) is 12.7. The molecule has 0 unspecified atom stereocenters. The molecular weight excluding hydrogens is 166 g/mol. The Morgan fingerprint density at radius 3 is 2.58 bits per heavy atom. The van der Waals surface area contributed by atoms with Crippen molar-refractivity contribution in [1.82, 2.24) is 5.32 Å². The molecule has 0 spiro atoms. The van der Waals surface area contributed by atoms with Crippen LogP contribution in [0.1, 0.15) is 25.7 Å². The third-order valence-corrected chi connectivity index (χ3v) is 3.64. The Hall–Kier alpha value is -0.130. The Labute approximate surface area is 79.7 Å². The van der Waals surface area contributed by atoms with Crippen molar-refractivity contribution in [2.24, 2.45) is 0 Å². The second kappa shape index (κ2) is 5.50. The van der Waals surface area contributed by atoms with E-state index in [1.54, 1.807) is 0 Å². The van der Waals surface area contributed by atoms with E-state index >= 15 is 0 Å². The molecule has 1 N–H and O–H groups in total. The van der Waals surface area contributed by atoms with Gasteiger partial charge in [0.1, 0.15) is 0 Å². The maximum absolute atomic E-state index is 5.18. The van der Waals surface area contributed by atoms with Crippen LogP contribution in [-0.4, -0.2) is 24.1 Å². The van der Waals surface area contributed by atoms with Crippen molar-refractivity contribution in [2.45, 2.75) is 37.0 Å². The fourth-order valence-electron chi connectivity index (χ4n) is 1.71. The minimum absolute atomic E-state index is 0.685. The smallest absolute Gasteiger partial charge is 0.0575 e. The molecule has 1 saturated carbocycles. The molecule has 0 aliphatic heterocycles. The Morgan fingerprint density at radius 1 is 1.42 bits per heavy atom.